The van der Waals surface area contributed by atoms with Gasteiger partial charge in [0.05, 0.1) is 0 Å². The third-order valence-electron chi connectivity index (χ3n) is 13.4. The lowest BCUT2D eigenvalue weighted by molar-refractivity contribution is -0.167. The van der Waals surface area contributed by atoms with Gasteiger partial charge in [0.25, 0.3) is 0 Å². The standard InChI is InChI=1S/C77H120O6/c1-4-7-10-13-16-18-20-22-24-26-28-30-32-34-36-38-40-42-44-46-48-50-52-54-56-58-61-64-67-70-76(79)82-73-74(72-81-75(78)69-66-63-60-15-12-9-6-3)83-77(80)71-68-65-62-59-57-55-53-51-49-47-45-43-41-39-37-35-33-31-29-27-25-23-21-19-17-14-11-8-5-2/h7-8,10-11,16-19,22-25,28-31,34-37,40-43,46,48,52,54,58,61,74H,4-6,9,12-15,20-21,26-27,32-33,38-39,44-45,47,49-51,53,55-57,59-60,62-73H2,1-3H3/b10-7-,11-8-,18-16-,19-17-,24-22-,25-23-,30-28-,31-29-,36-34-,37-35-,42-40-,43-41-,48-46-,54-52-,61-58-. The van der Waals surface area contributed by atoms with Crippen LogP contribution in [0.1, 0.15) is 265 Å². The van der Waals surface area contributed by atoms with E-state index in [4.69, 9.17) is 14.2 Å². The molecule has 0 aromatic carbocycles. The number of carbonyl (C=O) groups excluding carboxylic acids is 3. The van der Waals surface area contributed by atoms with Crippen molar-refractivity contribution >= 4 is 17.9 Å². The number of esters is 3. The van der Waals surface area contributed by atoms with Crippen LogP contribution in [0.5, 0.6) is 0 Å². The minimum Gasteiger partial charge on any atom is -0.462 e. The summed E-state index contributed by atoms with van der Waals surface area (Å²) in [5, 5.41) is 0. The summed E-state index contributed by atoms with van der Waals surface area (Å²) in [5.74, 6) is -0.985. The van der Waals surface area contributed by atoms with Crippen molar-refractivity contribution in [2.75, 3.05) is 13.2 Å². The highest BCUT2D eigenvalue weighted by atomic mass is 16.6. The molecule has 0 saturated carbocycles. The van der Waals surface area contributed by atoms with Gasteiger partial charge in [0.2, 0.25) is 0 Å². The molecule has 0 fully saturated rings. The Morgan fingerprint density at radius 2 is 0.482 bits per heavy atom. The minimum atomic E-state index is -0.812. The van der Waals surface area contributed by atoms with Crippen molar-refractivity contribution in [2.45, 2.75) is 271 Å². The Bertz CT molecular complexity index is 1940. The molecule has 464 valence electrons. The van der Waals surface area contributed by atoms with Crippen LogP contribution in [-0.4, -0.2) is 37.2 Å². The summed E-state index contributed by atoms with van der Waals surface area (Å²) in [5.41, 5.74) is 0. The van der Waals surface area contributed by atoms with Gasteiger partial charge in [-0.2, -0.15) is 0 Å². The van der Waals surface area contributed by atoms with Gasteiger partial charge >= 0.3 is 17.9 Å². The maximum Gasteiger partial charge on any atom is 0.306 e. The van der Waals surface area contributed by atoms with E-state index in [-0.39, 0.29) is 37.5 Å². The third kappa shape index (κ3) is 67.2. The van der Waals surface area contributed by atoms with Gasteiger partial charge in [-0.05, 0) is 135 Å². The Labute approximate surface area is 510 Å². The van der Waals surface area contributed by atoms with Crippen molar-refractivity contribution in [2.24, 2.45) is 0 Å². The third-order valence-corrected chi connectivity index (χ3v) is 13.4. The minimum absolute atomic E-state index is 0.105. The first-order valence-electron chi connectivity index (χ1n) is 33.3. The first-order valence-corrected chi connectivity index (χ1v) is 33.3. The van der Waals surface area contributed by atoms with Gasteiger partial charge in [0.15, 0.2) is 6.10 Å². The fourth-order valence-electron chi connectivity index (χ4n) is 8.51. The molecule has 0 radical (unpaired) electrons. The van der Waals surface area contributed by atoms with Gasteiger partial charge in [0, 0.05) is 19.3 Å². The average molecular weight is 1140 g/mol. The topological polar surface area (TPSA) is 78.9 Å². The highest BCUT2D eigenvalue weighted by molar-refractivity contribution is 5.71. The number of carbonyl (C=O) groups is 3. The van der Waals surface area contributed by atoms with Crippen molar-refractivity contribution in [3.8, 4) is 0 Å². The van der Waals surface area contributed by atoms with E-state index in [1.54, 1.807) is 0 Å². The molecule has 0 aromatic rings. The molecule has 0 bridgehead atoms. The molecule has 0 aliphatic carbocycles. The van der Waals surface area contributed by atoms with E-state index in [1.807, 2.05) is 0 Å². The van der Waals surface area contributed by atoms with E-state index >= 15 is 0 Å². The summed E-state index contributed by atoms with van der Waals surface area (Å²) >= 11 is 0. The predicted molar refractivity (Wildman–Crippen MR) is 361 cm³/mol. The van der Waals surface area contributed by atoms with Crippen molar-refractivity contribution in [3.05, 3.63) is 182 Å². The highest BCUT2D eigenvalue weighted by Crippen LogP contribution is 2.14. The maximum absolute atomic E-state index is 12.9. The number of hydrogen-bond donors (Lipinski definition) is 0. The molecule has 0 rings (SSSR count). The van der Waals surface area contributed by atoms with E-state index in [0.717, 1.165) is 148 Å². The molecule has 0 aliphatic rings. The summed E-state index contributed by atoms with van der Waals surface area (Å²) in [6.45, 7) is 6.31. The van der Waals surface area contributed by atoms with Crippen LogP contribution >= 0.6 is 0 Å². The Kier molecular flexibility index (Phi) is 64.4. The van der Waals surface area contributed by atoms with E-state index in [0.29, 0.717) is 19.3 Å². The fraction of sp³-hybridized carbons (Fsp3) is 0.571. The molecule has 1 unspecified atom stereocenters. The van der Waals surface area contributed by atoms with Crippen LogP contribution in [0.15, 0.2) is 182 Å². The Balaban J connectivity index is 4.28. The highest BCUT2D eigenvalue weighted by Gasteiger charge is 2.19. The molecule has 0 aromatic heterocycles. The van der Waals surface area contributed by atoms with E-state index in [1.165, 1.54) is 70.6 Å². The lowest BCUT2D eigenvalue weighted by Gasteiger charge is -2.18. The largest absolute Gasteiger partial charge is 0.462 e. The maximum atomic E-state index is 12.9. The summed E-state index contributed by atoms with van der Waals surface area (Å²) < 4.78 is 16.8. The fourth-order valence-corrected chi connectivity index (χ4v) is 8.51. The summed E-state index contributed by atoms with van der Waals surface area (Å²) in [7, 11) is 0. The lowest BCUT2D eigenvalue weighted by Crippen LogP contribution is -2.30. The molecule has 0 N–H and O–H groups in total. The summed E-state index contributed by atoms with van der Waals surface area (Å²) in [6.07, 6.45) is 104. The van der Waals surface area contributed by atoms with E-state index < -0.39 is 6.10 Å². The Hall–Kier alpha value is -5.49. The van der Waals surface area contributed by atoms with Crippen LogP contribution in [0.4, 0.5) is 0 Å². The SMILES string of the molecule is CC/C=C\C/C=C\C/C=C\C/C=C\C/C=C\C/C=C\C/C=C\C/C=C\C/C=C\CCCC(=O)OCC(COC(=O)CCCCCCCCC)OC(=O)CCCCCCCCCCCC/C=C\C/C=C\C/C=C\C/C=C\C/C=C\C/C=C\CC. The van der Waals surface area contributed by atoms with Gasteiger partial charge in [-0.25, -0.2) is 0 Å². The molecule has 0 spiro atoms. The number of unbranched alkanes of at least 4 members (excludes halogenated alkanes) is 17. The van der Waals surface area contributed by atoms with Crippen molar-refractivity contribution in [1.82, 2.24) is 0 Å². The van der Waals surface area contributed by atoms with Crippen molar-refractivity contribution in [1.29, 1.82) is 0 Å². The van der Waals surface area contributed by atoms with E-state index in [2.05, 4.69) is 203 Å². The molecule has 83 heavy (non-hydrogen) atoms. The predicted octanol–water partition coefficient (Wildman–Crippen LogP) is 23.2. The van der Waals surface area contributed by atoms with Crippen LogP contribution < -0.4 is 0 Å². The number of hydrogen-bond acceptors (Lipinski definition) is 6. The summed E-state index contributed by atoms with van der Waals surface area (Å²) in [6, 6.07) is 0. The smallest absolute Gasteiger partial charge is 0.306 e. The second kappa shape index (κ2) is 69.0. The molecule has 1 atom stereocenters. The van der Waals surface area contributed by atoms with Gasteiger partial charge in [-0.3, -0.25) is 14.4 Å². The number of rotatable bonds is 58. The molecular weight excluding hydrogens is 1020 g/mol. The van der Waals surface area contributed by atoms with Gasteiger partial charge < -0.3 is 14.2 Å². The molecule has 0 saturated heterocycles. The van der Waals surface area contributed by atoms with Crippen LogP contribution in [-0.2, 0) is 28.6 Å². The normalized spacial score (nSPS) is 13.3. The van der Waals surface area contributed by atoms with Gasteiger partial charge in [0.1, 0.15) is 13.2 Å². The Morgan fingerprint density at radius 1 is 0.253 bits per heavy atom. The summed E-state index contributed by atoms with van der Waals surface area (Å²) in [4.78, 5) is 38.1. The molecule has 0 heterocycles. The van der Waals surface area contributed by atoms with Crippen molar-refractivity contribution < 1.29 is 28.6 Å². The zero-order chi connectivity index (χ0) is 59.9. The lowest BCUT2D eigenvalue weighted by atomic mass is 10.0. The average Bonchev–Trinajstić information content (AvgIpc) is 3.49. The Morgan fingerprint density at radius 3 is 0.783 bits per heavy atom. The molecular formula is C77H120O6. The second-order valence-electron chi connectivity index (χ2n) is 21.3. The van der Waals surface area contributed by atoms with Gasteiger partial charge in [-0.1, -0.05) is 293 Å². The van der Waals surface area contributed by atoms with Crippen LogP contribution in [0, 0.1) is 0 Å². The zero-order valence-corrected chi connectivity index (χ0v) is 53.1. The molecule has 6 nitrogen and oxygen atoms in total. The quantitative estimate of drug-likeness (QED) is 0.0261. The van der Waals surface area contributed by atoms with Crippen LogP contribution in [0.2, 0.25) is 0 Å². The van der Waals surface area contributed by atoms with Crippen LogP contribution in [0.25, 0.3) is 0 Å². The number of allylic oxidation sites excluding steroid dienone is 30. The van der Waals surface area contributed by atoms with E-state index in [9.17, 15) is 14.4 Å². The first kappa shape index (κ1) is 77.5. The second-order valence-corrected chi connectivity index (χ2v) is 21.3. The first-order chi connectivity index (χ1) is 41.0. The monoisotopic (exact) mass is 1140 g/mol. The zero-order valence-electron chi connectivity index (χ0n) is 53.1. The number of ether oxygens (including phenoxy) is 3. The van der Waals surface area contributed by atoms with Crippen molar-refractivity contribution in [3.63, 3.8) is 0 Å². The van der Waals surface area contributed by atoms with Crippen LogP contribution in [0.3, 0.4) is 0 Å². The van der Waals surface area contributed by atoms with Gasteiger partial charge in [-0.15, -0.1) is 0 Å². The molecule has 0 aliphatic heterocycles. The molecule has 6 heteroatoms. The molecule has 0 amide bonds.